The number of hydrogen-bond acceptors (Lipinski definition) is 4. The molecule has 0 amide bonds. The summed E-state index contributed by atoms with van der Waals surface area (Å²) in [5.41, 5.74) is 0. The minimum absolute atomic E-state index is 0.0142. The summed E-state index contributed by atoms with van der Waals surface area (Å²) in [5.74, 6) is 3.28. The Morgan fingerprint density at radius 2 is 1.31 bits per heavy atom. The molecule has 1 aromatic rings. The van der Waals surface area contributed by atoms with E-state index in [0.717, 1.165) is 49.9 Å². The Morgan fingerprint density at radius 1 is 0.793 bits per heavy atom. The van der Waals surface area contributed by atoms with Crippen LogP contribution < -0.4 is 9.47 Å². The van der Waals surface area contributed by atoms with Gasteiger partial charge < -0.3 is 9.47 Å². The molecule has 2 saturated carbocycles. The van der Waals surface area contributed by atoms with E-state index in [1.54, 1.807) is 24.3 Å². The molecule has 0 saturated heterocycles. The lowest BCUT2D eigenvalue weighted by molar-refractivity contribution is -0.140. The quantitative estimate of drug-likeness (QED) is 0.397. The minimum atomic E-state index is -0.239. The lowest BCUT2D eigenvalue weighted by atomic mass is 9.69. The first-order valence-electron chi connectivity index (χ1n) is 11.6. The van der Waals surface area contributed by atoms with E-state index in [-0.39, 0.29) is 17.9 Å². The van der Waals surface area contributed by atoms with Crippen molar-refractivity contribution in [3.05, 3.63) is 24.3 Å². The SMILES string of the molecule is CCCC(=O)Oc1ccc(OC(=O)C2CCC(C3CCC(CC)CC3)CC2)cc1. The van der Waals surface area contributed by atoms with Gasteiger partial charge in [-0.15, -0.1) is 0 Å². The van der Waals surface area contributed by atoms with E-state index < -0.39 is 0 Å². The van der Waals surface area contributed by atoms with Crippen LogP contribution in [0.4, 0.5) is 0 Å². The highest BCUT2D eigenvalue weighted by atomic mass is 16.5. The third-order valence-corrected chi connectivity index (χ3v) is 6.97. The summed E-state index contributed by atoms with van der Waals surface area (Å²) in [6.07, 6.45) is 12.3. The molecule has 0 unspecified atom stereocenters. The van der Waals surface area contributed by atoms with Crippen molar-refractivity contribution in [3.63, 3.8) is 0 Å². The molecule has 2 fully saturated rings. The summed E-state index contributed by atoms with van der Waals surface area (Å²) < 4.78 is 10.8. The van der Waals surface area contributed by atoms with Crippen molar-refractivity contribution in [3.8, 4) is 11.5 Å². The van der Waals surface area contributed by atoms with E-state index in [2.05, 4.69) is 6.92 Å². The highest BCUT2D eigenvalue weighted by Crippen LogP contribution is 2.42. The Labute approximate surface area is 175 Å². The molecule has 0 aromatic heterocycles. The Hall–Kier alpha value is -1.84. The van der Waals surface area contributed by atoms with Gasteiger partial charge in [-0.2, -0.15) is 0 Å². The van der Waals surface area contributed by atoms with Gasteiger partial charge in [0.25, 0.3) is 0 Å². The second-order valence-corrected chi connectivity index (χ2v) is 8.92. The van der Waals surface area contributed by atoms with Crippen LogP contribution in [-0.2, 0) is 9.59 Å². The Morgan fingerprint density at radius 3 is 1.83 bits per heavy atom. The van der Waals surface area contributed by atoms with E-state index in [4.69, 9.17) is 9.47 Å². The zero-order valence-electron chi connectivity index (χ0n) is 18.0. The van der Waals surface area contributed by atoms with E-state index in [1.807, 2.05) is 6.92 Å². The Kier molecular flexibility index (Phi) is 8.14. The first-order chi connectivity index (χ1) is 14.1. The molecule has 1 aromatic carbocycles. The van der Waals surface area contributed by atoms with Crippen LogP contribution in [0.5, 0.6) is 11.5 Å². The summed E-state index contributed by atoms with van der Waals surface area (Å²) in [6.45, 7) is 4.25. The summed E-state index contributed by atoms with van der Waals surface area (Å²) in [4.78, 5) is 24.1. The molecule has 2 aliphatic carbocycles. The lowest BCUT2D eigenvalue weighted by Crippen LogP contribution is -2.30. The average Bonchev–Trinajstić information content (AvgIpc) is 2.75. The molecule has 160 valence electrons. The van der Waals surface area contributed by atoms with Crippen molar-refractivity contribution >= 4 is 11.9 Å². The van der Waals surface area contributed by atoms with Crippen molar-refractivity contribution in [1.29, 1.82) is 0 Å². The van der Waals surface area contributed by atoms with Crippen LogP contribution in [0.1, 0.15) is 84.5 Å². The first kappa shape index (κ1) is 21.9. The van der Waals surface area contributed by atoms with Crippen molar-refractivity contribution < 1.29 is 19.1 Å². The highest BCUT2D eigenvalue weighted by molar-refractivity contribution is 5.75. The number of carbonyl (C=O) groups excluding carboxylic acids is 2. The van der Waals surface area contributed by atoms with Crippen LogP contribution >= 0.6 is 0 Å². The van der Waals surface area contributed by atoms with Crippen LogP contribution in [0, 0.1) is 23.7 Å². The second-order valence-electron chi connectivity index (χ2n) is 8.92. The summed E-state index contributed by atoms with van der Waals surface area (Å²) in [5, 5.41) is 0. The predicted octanol–water partition coefficient (Wildman–Crippen LogP) is 6.32. The Balaban J connectivity index is 1.42. The van der Waals surface area contributed by atoms with E-state index in [0.29, 0.717) is 17.9 Å². The molecule has 29 heavy (non-hydrogen) atoms. The smallest absolute Gasteiger partial charge is 0.314 e. The molecule has 0 atom stereocenters. The van der Waals surface area contributed by atoms with Crippen LogP contribution in [0.25, 0.3) is 0 Å². The summed E-state index contributed by atoms with van der Waals surface area (Å²) >= 11 is 0. The monoisotopic (exact) mass is 400 g/mol. The largest absolute Gasteiger partial charge is 0.427 e. The maximum absolute atomic E-state index is 12.6. The summed E-state index contributed by atoms with van der Waals surface area (Å²) in [7, 11) is 0. The van der Waals surface area contributed by atoms with Gasteiger partial charge in [-0.05, 0) is 87.0 Å². The molecular weight excluding hydrogens is 364 g/mol. The zero-order valence-corrected chi connectivity index (χ0v) is 18.0. The van der Waals surface area contributed by atoms with E-state index in [9.17, 15) is 9.59 Å². The molecule has 0 bridgehead atoms. The molecule has 0 heterocycles. The normalized spacial score (nSPS) is 27.2. The van der Waals surface area contributed by atoms with Crippen LogP contribution in [0.3, 0.4) is 0 Å². The van der Waals surface area contributed by atoms with Crippen LogP contribution in [0.2, 0.25) is 0 Å². The van der Waals surface area contributed by atoms with Gasteiger partial charge >= 0.3 is 11.9 Å². The van der Waals surface area contributed by atoms with Gasteiger partial charge in [0.2, 0.25) is 0 Å². The van der Waals surface area contributed by atoms with Gasteiger partial charge in [0.15, 0.2) is 0 Å². The topological polar surface area (TPSA) is 52.6 Å². The number of rotatable bonds is 7. The van der Waals surface area contributed by atoms with Crippen LogP contribution in [-0.4, -0.2) is 11.9 Å². The number of carbonyl (C=O) groups is 2. The van der Waals surface area contributed by atoms with Gasteiger partial charge in [0.05, 0.1) is 5.92 Å². The molecule has 4 heteroatoms. The maximum atomic E-state index is 12.6. The minimum Gasteiger partial charge on any atom is -0.427 e. The van der Waals surface area contributed by atoms with Crippen molar-refractivity contribution in [2.45, 2.75) is 84.5 Å². The van der Waals surface area contributed by atoms with Crippen molar-refractivity contribution in [1.82, 2.24) is 0 Å². The molecule has 0 N–H and O–H groups in total. The molecule has 0 spiro atoms. The molecule has 4 nitrogen and oxygen atoms in total. The van der Waals surface area contributed by atoms with Gasteiger partial charge in [-0.25, -0.2) is 0 Å². The molecule has 3 rings (SSSR count). The number of benzene rings is 1. The fourth-order valence-electron chi connectivity index (χ4n) is 5.06. The zero-order chi connectivity index (χ0) is 20.6. The first-order valence-corrected chi connectivity index (χ1v) is 11.6. The van der Waals surface area contributed by atoms with Gasteiger partial charge in [-0.3, -0.25) is 9.59 Å². The molecular formula is C25H36O4. The molecule has 0 radical (unpaired) electrons. The van der Waals surface area contributed by atoms with Crippen molar-refractivity contribution in [2.75, 3.05) is 0 Å². The Bertz CT molecular complexity index is 650. The van der Waals surface area contributed by atoms with Crippen LogP contribution in [0.15, 0.2) is 24.3 Å². The lowest BCUT2D eigenvalue weighted by Gasteiger charge is -2.37. The van der Waals surface area contributed by atoms with E-state index >= 15 is 0 Å². The fraction of sp³-hybridized carbons (Fsp3) is 0.680. The van der Waals surface area contributed by atoms with Crippen molar-refractivity contribution in [2.24, 2.45) is 23.7 Å². The van der Waals surface area contributed by atoms with Gasteiger partial charge in [-0.1, -0.05) is 33.1 Å². The number of hydrogen-bond donors (Lipinski definition) is 0. The standard InChI is InChI=1S/C25H36O4/c1-3-5-24(26)28-22-14-16-23(17-15-22)29-25(27)21-12-10-20(11-13-21)19-8-6-18(4-2)7-9-19/h14-21H,3-13H2,1-2H3. The maximum Gasteiger partial charge on any atom is 0.314 e. The predicted molar refractivity (Wildman–Crippen MR) is 114 cm³/mol. The highest BCUT2D eigenvalue weighted by Gasteiger charge is 2.33. The average molecular weight is 401 g/mol. The molecule has 0 aliphatic heterocycles. The summed E-state index contributed by atoms with van der Waals surface area (Å²) in [6, 6.07) is 6.76. The number of ether oxygens (including phenoxy) is 2. The van der Waals surface area contributed by atoms with Gasteiger partial charge in [0.1, 0.15) is 11.5 Å². The molecule has 2 aliphatic rings. The fourth-order valence-corrected chi connectivity index (χ4v) is 5.06. The van der Waals surface area contributed by atoms with Gasteiger partial charge in [0, 0.05) is 6.42 Å². The third-order valence-electron chi connectivity index (χ3n) is 6.97. The van der Waals surface area contributed by atoms with E-state index in [1.165, 1.54) is 32.1 Å². The third kappa shape index (κ3) is 6.32. The number of esters is 2. The second kappa shape index (κ2) is 10.8.